The van der Waals surface area contributed by atoms with Gasteiger partial charge in [0.05, 0.1) is 13.2 Å². The first-order valence-electron chi connectivity index (χ1n) is 10.5. The standard InChI is InChI=1S/C22H30N4O2/c1-2-28-20-8-7-19(18-6-5-11-23-22(18)20)24-17-9-14-25(15-10-17)16-21(27)26-12-3-4-13-26/h5-8,11,17,24H,2-4,9-10,12-16H2,1H3. The minimum atomic E-state index is 0.299. The van der Waals surface area contributed by atoms with Crippen LogP contribution in [-0.2, 0) is 4.79 Å². The van der Waals surface area contributed by atoms with Crippen LogP contribution >= 0.6 is 0 Å². The topological polar surface area (TPSA) is 57.7 Å². The van der Waals surface area contributed by atoms with Crippen LogP contribution in [0.25, 0.3) is 10.9 Å². The number of aromatic nitrogens is 1. The van der Waals surface area contributed by atoms with Gasteiger partial charge in [-0.1, -0.05) is 0 Å². The van der Waals surface area contributed by atoms with Gasteiger partial charge in [0.15, 0.2) is 0 Å². The maximum Gasteiger partial charge on any atom is 0.236 e. The van der Waals surface area contributed by atoms with E-state index >= 15 is 0 Å². The number of carbonyl (C=O) groups excluding carboxylic acids is 1. The quantitative estimate of drug-likeness (QED) is 0.832. The molecule has 2 saturated heterocycles. The summed E-state index contributed by atoms with van der Waals surface area (Å²) < 4.78 is 5.72. The van der Waals surface area contributed by atoms with Crippen LogP contribution in [0.4, 0.5) is 5.69 Å². The van der Waals surface area contributed by atoms with E-state index in [4.69, 9.17) is 4.74 Å². The Morgan fingerprint density at radius 2 is 1.96 bits per heavy atom. The molecular weight excluding hydrogens is 352 g/mol. The molecule has 2 fully saturated rings. The molecule has 2 aliphatic rings. The number of piperidine rings is 1. The Morgan fingerprint density at radius 3 is 2.71 bits per heavy atom. The third-order valence-electron chi connectivity index (χ3n) is 5.80. The molecule has 0 unspecified atom stereocenters. The molecule has 0 bridgehead atoms. The predicted molar refractivity (Wildman–Crippen MR) is 112 cm³/mol. The molecule has 2 aliphatic heterocycles. The van der Waals surface area contributed by atoms with Crippen molar-refractivity contribution in [1.82, 2.24) is 14.8 Å². The second kappa shape index (κ2) is 8.78. The average molecular weight is 383 g/mol. The van der Waals surface area contributed by atoms with Gasteiger partial charge in [-0.2, -0.15) is 0 Å². The Morgan fingerprint density at radius 1 is 1.18 bits per heavy atom. The Bertz CT molecular complexity index is 811. The zero-order valence-corrected chi connectivity index (χ0v) is 16.7. The summed E-state index contributed by atoms with van der Waals surface area (Å²) >= 11 is 0. The van der Waals surface area contributed by atoms with Gasteiger partial charge in [0.2, 0.25) is 5.91 Å². The average Bonchev–Trinajstić information content (AvgIpc) is 3.26. The summed E-state index contributed by atoms with van der Waals surface area (Å²) in [6.45, 7) is 7.00. The molecule has 150 valence electrons. The molecule has 0 spiro atoms. The fourth-order valence-corrected chi connectivity index (χ4v) is 4.26. The minimum absolute atomic E-state index is 0.299. The van der Waals surface area contributed by atoms with Crippen molar-refractivity contribution in [3.63, 3.8) is 0 Å². The molecule has 1 N–H and O–H groups in total. The Kier molecular flexibility index (Phi) is 5.95. The fraction of sp³-hybridized carbons (Fsp3) is 0.545. The van der Waals surface area contributed by atoms with Crippen molar-refractivity contribution >= 4 is 22.5 Å². The van der Waals surface area contributed by atoms with Crippen molar-refractivity contribution in [2.24, 2.45) is 0 Å². The number of amides is 1. The number of anilines is 1. The van der Waals surface area contributed by atoms with E-state index in [1.807, 2.05) is 30.2 Å². The van der Waals surface area contributed by atoms with Crippen molar-refractivity contribution in [2.75, 3.05) is 44.6 Å². The number of pyridine rings is 1. The number of rotatable bonds is 6. The van der Waals surface area contributed by atoms with Crippen LogP contribution in [0.5, 0.6) is 5.75 Å². The van der Waals surface area contributed by atoms with Gasteiger partial charge in [0, 0.05) is 49.5 Å². The van der Waals surface area contributed by atoms with Crippen LogP contribution < -0.4 is 10.1 Å². The highest BCUT2D eigenvalue weighted by Crippen LogP contribution is 2.31. The van der Waals surface area contributed by atoms with Gasteiger partial charge in [-0.3, -0.25) is 14.7 Å². The Labute approximate surface area is 166 Å². The molecule has 4 rings (SSSR count). The summed E-state index contributed by atoms with van der Waals surface area (Å²) in [4.78, 5) is 21.2. The minimum Gasteiger partial charge on any atom is -0.492 e. The normalized spacial score (nSPS) is 18.5. The van der Waals surface area contributed by atoms with Crippen LogP contribution in [0.1, 0.15) is 32.6 Å². The summed E-state index contributed by atoms with van der Waals surface area (Å²) in [5.74, 6) is 1.13. The maximum absolute atomic E-state index is 12.4. The molecular formula is C22H30N4O2. The molecule has 0 atom stereocenters. The number of likely N-dealkylation sites (tertiary alicyclic amines) is 2. The van der Waals surface area contributed by atoms with Gasteiger partial charge < -0.3 is 15.0 Å². The molecule has 28 heavy (non-hydrogen) atoms. The lowest BCUT2D eigenvalue weighted by Gasteiger charge is -2.33. The van der Waals surface area contributed by atoms with E-state index in [0.29, 0.717) is 25.1 Å². The number of fused-ring (bicyclic) bond motifs is 1. The monoisotopic (exact) mass is 382 g/mol. The largest absolute Gasteiger partial charge is 0.492 e. The molecule has 0 saturated carbocycles. The van der Waals surface area contributed by atoms with Gasteiger partial charge in [-0.05, 0) is 56.9 Å². The summed E-state index contributed by atoms with van der Waals surface area (Å²) in [5, 5.41) is 4.80. The summed E-state index contributed by atoms with van der Waals surface area (Å²) in [6.07, 6.45) is 6.21. The molecule has 0 aliphatic carbocycles. The number of ether oxygens (including phenoxy) is 1. The Hall–Kier alpha value is -2.34. The van der Waals surface area contributed by atoms with Crippen molar-refractivity contribution in [1.29, 1.82) is 0 Å². The van der Waals surface area contributed by atoms with Gasteiger partial charge in [-0.15, -0.1) is 0 Å². The molecule has 6 heteroatoms. The zero-order chi connectivity index (χ0) is 19.3. The van der Waals surface area contributed by atoms with Crippen LogP contribution in [-0.4, -0.2) is 66.1 Å². The SMILES string of the molecule is CCOc1ccc(NC2CCN(CC(=O)N3CCCC3)CC2)c2cccnc12. The fourth-order valence-electron chi connectivity index (χ4n) is 4.26. The first-order chi connectivity index (χ1) is 13.7. The number of hydrogen-bond acceptors (Lipinski definition) is 5. The molecule has 6 nitrogen and oxygen atoms in total. The van der Waals surface area contributed by atoms with Crippen LogP contribution in [0.3, 0.4) is 0 Å². The van der Waals surface area contributed by atoms with E-state index in [1.54, 1.807) is 0 Å². The zero-order valence-electron chi connectivity index (χ0n) is 16.7. The van der Waals surface area contributed by atoms with Crippen molar-refractivity contribution in [2.45, 2.75) is 38.6 Å². The van der Waals surface area contributed by atoms with Crippen molar-refractivity contribution in [3.05, 3.63) is 30.5 Å². The summed E-state index contributed by atoms with van der Waals surface area (Å²) in [6, 6.07) is 8.58. The third-order valence-corrected chi connectivity index (χ3v) is 5.80. The molecule has 2 aromatic rings. The van der Waals surface area contributed by atoms with Gasteiger partial charge in [0.1, 0.15) is 11.3 Å². The van der Waals surface area contributed by atoms with E-state index < -0.39 is 0 Å². The Balaban J connectivity index is 1.36. The summed E-state index contributed by atoms with van der Waals surface area (Å²) in [5.41, 5.74) is 2.01. The van der Waals surface area contributed by atoms with Crippen molar-refractivity contribution < 1.29 is 9.53 Å². The number of hydrogen-bond donors (Lipinski definition) is 1. The second-order valence-corrected chi connectivity index (χ2v) is 7.73. The first kappa shape index (κ1) is 19.0. The van der Waals surface area contributed by atoms with Gasteiger partial charge in [0.25, 0.3) is 0 Å². The lowest BCUT2D eigenvalue weighted by atomic mass is 10.0. The third kappa shape index (κ3) is 4.22. The van der Waals surface area contributed by atoms with Crippen LogP contribution in [0.15, 0.2) is 30.5 Å². The molecule has 3 heterocycles. The highest BCUT2D eigenvalue weighted by molar-refractivity contribution is 5.95. The van der Waals surface area contributed by atoms with Crippen LogP contribution in [0, 0.1) is 0 Å². The van der Waals surface area contributed by atoms with E-state index in [-0.39, 0.29) is 0 Å². The molecule has 1 amide bonds. The number of nitrogens with one attached hydrogen (secondary N) is 1. The molecule has 1 aromatic carbocycles. The smallest absolute Gasteiger partial charge is 0.236 e. The lowest BCUT2D eigenvalue weighted by Crippen LogP contribution is -2.44. The van der Waals surface area contributed by atoms with Crippen molar-refractivity contribution in [3.8, 4) is 5.75 Å². The summed E-state index contributed by atoms with van der Waals surface area (Å²) in [7, 11) is 0. The lowest BCUT2D eigenvalue weighted by molar-refractivity contribution is -0.131. The highest BCUT2D eigenvalue weighted by Gasteiger charge is 2.24. The van der Waals surface area contributed by atoms with E-state index in [0.717, 1.165) is 74.2 Å². The van der Waals surface area contributed by atoms with E-state index in [1.165, 1.54) is 0 Å². The second-order valence-electron chi connectivity index (χ2n) is 7.73. The highest BCUT2D eigenvalue weighted by atomic mass is 16.5. The van der Waals surface area contributed by atoms with Crippen LogP contribution in [0.2, 0.25) is 0 Å². The van der Waals surface area contributed by atoms with E-state index in [9.17, 15) is 4.79 Å². The maximum atomic E-state index is 12.4. The van der Waals surface area contributed by atoms with E-state index in [2.05, 4.69) is 27.3 Å². The molecule has 0 radical (unpaired) electrons. The number of carbonyl (C=O) groups is 1. The first-order valence-corrected chi connectivity index (χ1v) is 10.5. The number of nitrogens with zero attached hydrogens (tertiary/aromatic N) is 3. The van der Waals surface area contributed by atoms with Gasteiger partial charge >= 0.3 is 0 Å². The predicted octanol–water partition coefficient (Wildman–Crippen LogP) is 3.13. The molecule has 1 aromatic heterocycles. The number of benzene rings is 1. The van der Waals surface area contributed by atoms with Gasteiger partial charge in [-0.25, -0.2) is 0 Å².